The average Bonchev–Trinajstić information content (AvgIpc) is 2.69. The molecule has 7 nitrogen and oxygen atoms in total. The molecule has 0 fully saturated rings. The number of carbonyl (C=O) groups excluding carboxylic acids is 2. The monoisotopic (exact) mass is 372 g/mol. The quantitative estimate of drug-likeness (QED) is 0.521. The third kappa shape index (κ3) is 6.63. The lowest BCUT2D eigenvalue weighted by Gasteiger charge is -2.13. The molecule has 0 heterocycles. The molecule has 2 aromatic rings. The van der Waals surface area contributed by atoms with E-state index < -0.39 is 11.8 Å². The fourth-order valence-corrected chi connectivity index (χ4v) is 2.23. The van der Waals surface area contributed by atoms with Crippen LogP contribution < -0.4 is 20.3 Å². The summed E-state index contributed by atoms with van der Waals surface area (Å²) in [6.07, 6.45) is 0. The molecule has 27 heavy (non-hydrogen) atoms. The molecule has 0 bridgehead atoms. The zero-order valence-electron chi connectivity index (χ0n) is 15.5. The fourth-order valence-electron chi connectivity index (χ4n) is 2.23. The van der Waals surface area contributed by atoms with Crippen LogP contribution in [0.4, 0.5) is 0 Å². The van der Waals surface area contributed by atoms with Gasteiger partial charge >= 0.3 is 0 Å². The Morgan fingerprint density at radius 1 is 0.889 bits per heavy atom. The SMILES string of the molecule is CCOCCOc1ccccc1C(=O)NNC(=O)COc1ccccc1C. The van der Waals surface area contributed by atoms with Gasteiger partial charge in [-0.3, -0.25) is 20.4 Å². The average molecular weight is 372 g/mol. The zero-order valence-corrected chi connectivity index (χ0v) is 15.5. The van der Waals surface area contributed by atoms with Gasteiger partial charge in [-0.2, -0.15) is 0 Å². The second kappa shape index (κ2) is 10.8. The van der Waals surface area contributed by atoms with E-state index in [0.29, 0.717) is 36.9 Å². The number of benzene rings is 2. The minimum absolute atomic E-state index is 0.211. The van der Waals surface area contributed by atoms with Crippen molar-refractivity contribution in [1.82, 2.24) is 10.9 Å². The number of aryl methyl sites for hydroxylation is 1. The highest BCUT2D eigenvalue weighted by Crippen LogP contribution is 2.18. The zero-order chi connectivity index (χ0) is 19.5. The highest BCUT2D eigenvalue weighted by atomic mass is 16.5. The van der Waals surface area contributed by atoms with Gasteiger partial charge in [-0.25, -0.2) is 0 Å². The third-order valence-corrected chi connectivity index (χ3v) is 3.59. The largest absolute Gasteiger partial charge is 0.490 e. The lowest BCUT2D eigenvalue weighted by atomic mass is 10.2. The number of amides is 2. The fraction of sp³-hybridized carbons (Fsp3) is 0.300. The van der Waals surface area contributed by atoms with Crippen molar-refractivity contribution < 1.29 is 23.8 Å². The molecule has 0 aliphatic rings. The standard InChI is InChI=1S/C20H24N2O5/c1-3-25-12-13-26-18-11-7-5-9-16(18)20(24)22-21-19(23)14-27-17-10-6-4-8-15(17)2/h4-11H,3,12-14H2,1-2H3,(H,21,23)(H,22,24). The lowest BCUT2D eigenvalue weighted by Crippen LogP contribution is -2.44. The molecule has 2 rings (SSSR count). The molecule has 0 spiro atoms. The van der Waals surface area contributed by atoms with Crippen molar-refractivity contribution in [3.8, 4) is 11.5 Å². The van der Waals surface area contributed by atoms with Crippen LogP contribution in [0.1, 0.15) is 22.8 Å². The van der Waals surface area contributed by atoms with E-state index in [2.05, 4.69) is 10.9 Å². The first-order chi connectivity index (χ1) is 13.1. The molecule has 2 N–H and O–H groups in total. The van der Waals surface area contributed by atoms with Crippen LogP contribution in [0.5, 0.6) is 11.5 Å². The molecule has 2 amide bonds. The van der Waals surface area contributed by atoms with Crippen LogP contribution in [0, 0.1) is 6.92 Å². The Hall–Kier alpha value is -3.06. The summed E-state index contributed by atoms with van der Waals surface area (Å²) in [6, 6.07) is 14.1. The van der Waals surface area contributed by atoms with Gasteiger partial charge in [-0.1, -0.05) is 30.3 Å². The molecular formula is C20H24N2O5. The number of para-hydroxylation sites is 2. The van der Waals surface area contributed by atoms with Gasteiger partial charge in [0.1, 0.15) is 18.1 Å². The number of hydrogen-bond acceptors (Lipinski definition) is 5. The Labute approximate surface area is 158 Å². The summed E-state index contributed by atoms with van der Waals surface area (Å²) in [5, 5.41) is 0. The van der Waals surface area contributed by atoms with Crippen LogP contribution in [-0.4, -0.2) is 38.2 Å². The summed E-state index contributed by atoms with van der Waals surface area (Å²) < 4.78 is 16.2. The van der Waals surface area contributed by atoms with Gasteiger partial charge in [-0.05, 0) is 37.6 Å². The Morgan fingerprint density at radius 3 is 2.33 bits per heavy atom. The molecule has 2 aromatic carbocycles. The summed E-state index contributed by atoms with van der Waals surface area (Å²) in [6.45, 7) is 4.93. The van der Waals surface area contributed by atoms with Crippen LogP contribution in [0.15, 0.2) is 48.5 Å². The van der Waals surface area contributed by atoms with Crippen molar-refractivity contribution in [2.24, 2.45) is 0 Å². The Morgan fingerprint density at radius 2 is 1.59 bits per heavy atom. The first-order valence-electron chi connectivity index (χ1n) is 8.69. The minimum Gasteiger partial charge on any atom is -0.490 e. The predicted octanol–water partition coefficient (Wildman–Crippen LogP) is 2.25. The molecule has 0 unspecified atom stereocenters. The van der Waals surface area contributed by atoms with Crippen LogP contribution in [0.2, 0.25) is 0 Å². The van der Waals surface area contributed by atoms with Crippen molar-refractivity contribution in [3.05, 3.63) is 59.7 Å². The smallest absolute Gasteiger partial charge is 0.276 e. The van der Waals surface area contributed by atoms with Gasteiger partial charge in [0.05, 0.1) is 12.2 Å². The number of hydrazine groups is 1. The van der Waals surface area contributed by atoms with Gasteiger partial charge in [0.2, 0.25) is 0 Å². The number of hydrogen-bond donors (Lipinski definition) is 2. The molecule has 0 radical (unpaired) electrons. The molecule has 0 atom stereocenters. The first kappa shape index (κ1) is 20.3. The third-order valence-electron chi connectivity index (χ3n) is 3.59. The van der Waals surface area contributed by atoms with E-state index >= 15 is 0 Å². The second-order valence-electron chi connectivity index (χ2n) is 5.60. The number of ether oxygens (including phenoxy) is 3. The van der Waals surface area contributed by atoms with E-state index in [4.69, 9.17) is 14.2 Å². The van der Waals surface area contributed by atoms with Gasteiger partial charge in [0.15, 0.2) is 6.61 Å². The Bertz CT molecular complexity index is 764. The van der Waals surface area contributed by atoms with E-state index in [9.17, 15) is 9.59 Å². The highest BCUT2D eigenvalue weighted by Gasteiger charge is 2.13. The van der Waals surface area contributed by atoms with Crippen molar-refractivity contribution >= 4 is 11.8 Å². The van der Waals surface area contributed by atoms with Gasteiger partial charge < -0.3 is 14.2 Å². The molecule has 0 saturated carbocycles. The Kier molecular flexibility index (Phi) is 8.12. The van der Waals surface area contributed by atoms with E-state index in [1.807, 2.05) is 32.0 Å². The maximum Gasteiger partial charge on any atom is 0.276 e. The second-order valence-corrected chi connectivity index (χ2v) is 5.60. The van der Waals surface area contributed by atoms with Crippen LogP contribution in [0.25, 0.3) is 0 Å². The van der Waals surface area contributed by atoms with Crippen LogP contribution >= 0.6 is 0 Å². The molecule has 0 aliphatic heterocycles. The summed E-state index contributed by atoms with van der Waals surface area (Å²) >= 11 is 0. The summed E-state index contributed by atoms with van der Waals surface area (Å²) in [5.41, 5.74) is 5.93. The van der Waals surface area contributed by atoms with Crippen molar-refractivity contribution in [2.45, 2.75) is 13.8 Å². The van der Waals surface area contributed by atoms with E-state index in [1.165, 1.54) is 0 Å². The predicted molar refractivity (Wildman–Crippen MR) is 101 cm³/mol. The normalized spacial score (nSPS) is 10.1. The lowest BCUT2D eigenvalue weighted by molar-refractivity contribution is -0.123. The number of carbonyl (C=O) groups is 2. The van der Waals surface area contributed by atoms with Gasteiger partial charge in [0.25, 0.3) is 11.8 Å². The molecule has 7 heteroatoms. The molecular weight excluding hydrogens is 348 g/mol. The molecule has 0 saturated heterocycles. The molecule has 0 aromatic heterocycles. The maximum absolute atomic E-state index is 12.3. The number of nitrogens with one attached hydrogen (secondary N) is 2. The highest BCUT2D eigenvalue weighted by molar-refractivity contribution is 5.97. The van der Waals surface area contributed by atoms with Gasteiger partial charge in [0, 0.05) is 6.61 Å². The van der Waals surface area contributed by atoms with Crippen LogP contribution in [-0.2, 0) is 9.53 Å². The summed E-state index contributed by atoms with van der Waals surface area (Å²) in [4.78, 5) is 24.2. The van der Waals surface area contributed by atoms with E-state index in [1.54, 1.807) is 30.3 Å². The first-order valence-corrected chi connectivity index (χ1v) is 8.69. The van der Waals surface area contributed by atoms with Crippen molar-refractivity contribution in [1.29, 1.82) is 0 Å². The molecule has 144 valence electrons. The minimum atomic E-state index is -0.480. The van der Waals surface area contributed by atoms with E-state index in [0.717, 1.165) is 5.56 Å². The summed E-state index contributed by atoms with van der Waals surface area (Å²) in [7, 11) is 0. The molecule has 0 aliphatic carbocycles. The van der Waals surface area contributed by atoms with Crippen molar-refractivity contribution in [2.75, 3.05) is 26.4 Å². The Balaban J connectivity index is 1.82. The van der Waals surface area contributed by atoms with Crippen LogP contribution in [0.3, 0.4) is 0 Å². The van der Waals surface area contributed by atoms with Crippen molar-refractivity contribution in [3.63, 3.8) is 0 Å². The number of rotatable bonds is 9. The summed E-state index contributed by atoms with van der Waals surface area (Å²) in [5.74, 6) is 0.0831. The topological polar surface area (TPSA) is 85.9 Å². The maximum atomic E-state index is 12.3. The van der Waals surface area contributed by atoms with Gasteiger partial charge in [-0.15, -0.1) is 0 Å². The van der Waals surface area contributed by atoms with E-state index in [-0.39, 0.29) is 6.61 Å².